The highest BCUT2D eigenvalue weighted by molar-refractivity contribution is 7.17. The van der Waals surface area contributed by atoms with Crippen LogP contribution in [0.3, 0.4) is 0 Å². The number of nitrogens with two attached hydrogens (primary N) is 1. The van der Waals surface area contributed by atoms with Crippen molar-refractivity contribution in [2.75, 3.05) is 5.32 Å². The fourth-order valence-corrected chi connectivity index (χ4v) is 5.41. The first-order valence-corrected chi connectivity index (χ1v) is 10.3. The Morgan fingerprint density at radius 1 is 1.21 bits per heavy atom. The molecule has 2 heterocycles. The Balaban J connectivity index is 1.60. The number of benzene rings is 1. The molecule has 0 fully saturated rings. The van der Waals surface area contributed by atoms with Crippen LogP contribution >= 0.6 is 11.3 Å². The van der Waals surface area contributed by atoms with Crippen molar-refractivity contribution in [2.45, 2.75) is 39.2 Å². The van der Waals surface area contributed by atoms with Gasteiger partial charge in [0, 0.05) is 4.88 Å². The number of nitrogens with zero attached hydrogens (tertiary/aromatic N) is 1. The van der Waals surface area contributed by atoms with E-state index in [2.05, 4.69) is 12.2 Å². The molecule has 7 nitrogen and oxygen atoms in total. The van der Waals surface area contributed by atoms with Crippen LogP contribution in [0.15, 0.2) is 24.3 Å². The van der Waals surface area contributed by atoms with E-state index in [0.717, 1.165) is 34.6 Å². The smallest absolute Gasteiger partial charge is 0.262 e. The zero-order chi connectivity index (χ0) is 20.9. The largest absolute Gasteiger partial charge is 0.365 e. The van der Waals surface area contributed by atoms with Crippen LogP contribution in [0.4, 0.5) is 5.00 Å². The number of fused-ring (bicyclic) bond motifs is 2. The normalized spacial score (nSPS) is 19.0. The number of primary amides is 1. The summed E-state index contributed by atoms with van der Waals surface area (Å²) in [5, 5.41) is 3.13. The molecule has 2 atom stereocenters. The SMILES string of the molecule is CC1CCc2c(sc(NC(=O)C(C)N3C(=O)c4ccccc4C3=O)c2C(N)=O)C1. The fourth-order valence-electron chi connectivity index (χ4n) is 3.99. The molecule has 0 radical (unpaired) electrons. The van der Waals surface area contributed by atoms with Crippen LogP contribution in [0.25, 0.3) is 0 Å². The van der Waals surface area contributed by atoms with Gasteiger partial charge in [0.2, 0.25) is 5.91 Å². The van der Waals surface area contributed by atoms with E-state index < -0.39 is 29.7 Å². The molecular formula is C21H21N3O4S. The zero-order valence-electron chi connectivity index (χ0n) is 16.2. The van der Waals surface area contributed by atoms with Crippen molar-refractivity contribution >= 4 is 40.0 Å². The maximum absolute atomic E-state index is 12.9. The molecule has 8 heteroatoms. The van der Waals surface area contributed by atoms with Crippen LogP contribution in [0, 0.1) is 5.92 Å². The third-order valence-corrected chi connectivity index (χ3v) is 6.76. The van der Waals surface area contributed by atoms with Gasteiger partial charge in [-0.15, -0.1) is 11.3 Å². The van der Waals surface area contributed by atoms with Crippen LogP contribution in [-0.2, 0) is 17.6 Å². The lowest BCUT2D eigenvalue weighted by atomic mass is 9.88. The number of hydrogen-bond acceptors (Lipinski definition) is 5. The Hall–Kier alpha value is -3.00. The van der Waals surface area contributed by atoms with E-state index in [9.17, 15) is 19.2 Å². The molecule has 150 valence electrons. The molecule has 4 amide bonds. The zero-order valence-corrected chi connectivity index (χ0v) is 17.0. The van der Waals surface area contributed by atoms with Gasteiger partial charge in [0.05, 0.1) is 16.7 Å². The van der Waals surface area contributed by atoms with Gasteiger partial charge in [-0.2, -0.15) is 0 Å². The second kappa shape index (κ2) is 7.11. The molecule has 2 aliphatic rings. The molecule has 0 saturated heterocycles. The summed E-state index contributed by atoms with van der Waals surface area (Å²) in [6.07, 6.45) is 2.54. The molecule has 3 N–H and O–H groups in total. The lowest BCUT2D eigenvalue weighted by molar-refractivity contribution is -0.119. The predicted molar refractivity (Wildman–Crippen MR) is 109 cm³/mol. The van der Waals surface area contributed by atoms with E-state index in [4.69, 9.17) is 5.73 Å². The van der Waals surface area contributed by atoms with Gasteiger partial charge in [0.15, 0.2) is 0 Å². The van der Waals surface area contributed by atoms with Gasteiger partial charge in [0.1, 0.15) is 11.0 Å². The van der Waals surface area contributed by atoms with Gasteiger partial charge in [-0.3, -0.25) is 24.1 Å². The average Bonchev–Trinajstić information content (AvgIpc) is 3.16. The maximum Gasteiger partial charge on any atom is 0.262 e. The molecule has 2 unspecified atom stereocenters. The molecule has 1 aliphatic heterocycles. The van der Waals surface area contributed by atoms with E-state index >= 15 is 0 Å². The Morgan fingerprint density at radius 2 is 1.83 bits per heavy atom. The van der Waals surface area contributed by atoms with Crippen molar-refractivity contribution in [1.29, 1.82) is 0 Å². The molecule has 4 rings (SSSR count). The summed E-state index contributed by atoms with van der Waals surface area (Å²) >= 11 is 1.35. The third kappa shape index (κ3) is 3.13. The lowest BCUT2D eigenvalue weighted by Crippen LogP contribution is -2.45. The summed E-state index contributed by atoms with van der Waals surface area (Å²) < 4.78 is 0. The van der Waals surface area contributed by atoms with E-state index in [1.54, 1.807) is 24.3 Å². The predicted octanol–water partition coefficient (Wildman–Crippen LogP) is 2.60. The quantitative estimate of drug-likeness (QED) is 0.754. The number of amides is 4. The number of carbonyl (C=O) groups excluding carboxylic acids is 4. The van der Waals surface area contributed by atoms with Crippen LogP contribution in [0.1, 0.15) is 61.8 Å². The third-order valence-electron chi connectivity index (χ3n) is 5.59. The summed E-state index contributed by atoms with van der Waals surface area (Å²) in [5.41, 5.74) is 7.42. The Kier molecular flexibility index (Phi) is 4.74. The second-order valence-electron chi connectivity index (χ2n) is 7.61. The number of hydrogen-bond donors (Lipinski definition) is 2. The molecule has 1 aliphatic carbocycles. The molecule has 0 spiro atoms. The minimum absolute atomic E-state index is 0.288. The van der Waals surface area contributed by atoms with Crippen molar-refractivity contribution < 1.29 is 19.2 Å². The first-order chi connectivity index (χ1) is 13.8. The summed E-state index contributed by atoms with van der Waals surface area (Å²) in [7, 11) is 0. The highest BCUT2D eigenvalue weighted by atomic mass is 32.1. The molecular weight excluding hydrogens is 390 g/mol. The minimum Gasteiger partial charge on any atom is -0.365 e. The Morgan fingerprint density at radius 3 is 2.41 bits per heavy atom. The monoisotopic (exact) mass is 411 g/mol. The summed E-state index contributed by atoms with van der Waals surface area (Å²) in [5.74, 6) is -1.61. The van der Waals surface area contributed by atoms with Crippen LogP contribution in [-0.4, -0.2) is 34.6 Å². The van der Waals surface area contributed by atoms with Gasteiger partial charge in [-0.1, -0.05) is 19.1 Å². The first-order valence-electron chi connectivity index (χ1n) is 9.51. The number of imide groups is 1. The summed E-state index contributed by atoms with van der Waals surface area (Å²) in [4.78, 5) is 52.2. The Bertz CT molecular complexity index is 1020. The highest BCUT2D eigenvalue weighted by Crippen LogP contribution is 2.39. The van der Waals surface area contributed by atoms with Crippen LogP contribution < -0.4 is 11.1 Å². The van der Waals surface area contributed by atoms with E-state index in [-0.39, 0.29) is 11.1 Å². The molecule has 1 aromatic carbocycles. The van der Waals surface area contributed by atoms with Crippen LogP contribution in [0.5, 0.6) is 0 Å². The van der Waals surface area contributed by atoms with E-state index in [1.807, 2.05) is 0 Å². The number of rotatable bonds is 4. The number of nitrogens with one attached hydrogen (secondary N) is 1. The average molecular weight is 411 g/mol. The van der Waals surface area contributed by atoms with Gasteiger partial charge in [-0.25, -0.2) is 0 Å². The highest BCUT2D eigenvalue weighted by Gasteiger charge is 2.41. The van der Waals surface area contributed by atoms with Gasteiger partial charge in [-0.05, 0) is 49.8 Å². The van der Waals surface area contributed by atoms with Gasteiger partial charge >= 0.3 is 0 Å². The van der Waals surface area contributed by atoms with Crippen molar-refractivity contribution in [3.63, 3.8) is 0 Å². The van der Waals surface area contributed by atoms with E-state index in [1.165, 1.54) is 18.3 Å². The van der Waals surface area contributed by atoms with Crippen molar-refractivity contribution in [2.24, 2.45) is 11.7 Å². The standard InChI is InChI=1S/C21H21N3O4S/c1-10-7-8-14-15(9-10)29-19(16(14)17(22)25)23-18(26)11(2)24-20(27)12-5-3-4-6-13(12)21(24)28/h3-6,10-11H,7-9H2,1-2H3,(H2,22,25)(H,23,26). The van der Waals surface area contributed by atoms with Gasteiger partial charge < -0.3 is 11.1 Å². The molecule has 0 saturated carbocycles. The number of thiophene rings is 1. The van der Waals surface area contributed by atoms with Gasteiger partial charge in [0.25, 0.3) is 17.7 Å². The van der Waals surface area contributed by atoms with Crippen molar-refractivity contribution in [1.82, 2.24) is 4.90 Å². The first kappa shape index (κ1) is 19.3. The molecule has 29 heavy (non-hydrogen) atoms. The molecule has 1 aromatic heterocycles. The summed E-state index contributed by atoms with van der Waals surface area (Å²) in [6.45, 7) is 3.64. The number of anilines is 1. The minimum atomic E-state index is -1.03. The van der Waals surface area contributed by atoms with E-state index in [0.29, 0.717) is 16.5 Å². The lowest BCUT2D eigenvalue weighted by Gasteiger charge is -2.21. The summed E-state index contributed by atoms with van der Waals surface area (Å²) in [6, 6.07) is 5.46. The number of carbonyl (C=O) groups is 4. The van der Waals surface area contributed by atoms with Crippen molar-refractivity contribution in [3.05, 3.63) is 51.4 Å². The van der Waals surface area contributed by atoms with Crippen molar-refractivity contribution in [3.8, 4) is 0 Å². The Labute approximate surface area is 171 Å². The fraction of sp³-hybridized carbons (Fsp3) is 0.333. The molecule has 0 bridgehead atoms. The molecule has 2 aromatic rings. The topological polar surface area (TPSA) is 110 Å². The second-order valence-corrected chi connectivity index (χ2v) is 8.72. The van der Waals surface area contributed by atoms with Crippen LogP contribution in [0.2, 0.25) is 0 Å². The maximum atomic E-state index is 12.9.